The molecule has 2 rings (SSSR count). The first-order chi connectivity index (χ1) is 10.2. The van der Waals surface area contributed by atoms with Crippen molar-refractivity contribution in [3.05, 3.63) is 24.3 Å². The number of hydrogen-bond acceptors (Lipinski definition) is 5. The average molecular weight is 292 g/mol. The predicted molar refractivity (Wildman–Crippen MR) is 80.2 cm³/mol. The normalized spacial score (nSPS) is 14.6. The van der Waals surface area contributed by atoms with Gasteiger partial charge in [0.15, 0.2) is 0 Å². The monoisotopic (exact) mass is 292 g/mol. The lowest BCUT2D eigenvalue weighted by Gasteiger charge is -2.30. The molecule has 7 heteroatoms. The molecule has 1 saturated heterocycles. The summed E-state index contributed by atoms with van der Waals surface area (Å²) in [5.74, 6) is -0.635. The maximum absolute atomic E-state index is 11.9. The summed E-state index contributed by atoms with van der Waals surface area (Å²) in [5, 5.41) is 5.25. The van der Waals surface area contributed by atoms with Gasteiger partial charge >= 0.3 is 0 Å². The van der Waals surface area contributed by atoms with Crippen molar-refractivity contribution in [2.75, 3.05) is 49.6 Å². The third kappa shape index (κ3) is 4.44. The van der Waals surface area contributed by atoms with Gasteiger partial charge in [0.1, 0.15) is 0 Å². The molecule has 1 fully saturated rings. The Kier molecular flexibility index (Phi) is 5.53. The highest BCUT2D eigenvalue weighted by Crippen LogP contribution is 2.26. The van der Waals surface area contributed by atoms with Crippen LogP contribution in [0.25, 0.3) is 0 Å². The first-order valence-electron chi connectivity index (χ1n) is 6.89. The van der Waals surface area contributed by atoms with E-state index in [0.29, 0.717) is 13.2 Å². The number of rotatable bonds is 5. The standard InChI is InChI=1S/C14H20N4O3/c15-9-13(19)16-10-14(20)17-11-3-1-2-4-12(11)18-5-7-21-8-6-18/h1-4H,5-10,15H2,(H,16,19)(H,17,20). The molecule has 114 valence electrons. The fraction of sp³-hybridized carbons (Fsp3) is 0.429. The Morgan fingerprint density at radius 2 is 1.90 bits per heavy atom. The second-order valence-corrected chi connectivity index (χ2v) is 4.65. The van der Waals surface area contributed by atoms with Crippen molar-refractivity contribution in [3.8, 4) is 0 Å². The van der Waals surface area contributed by atoms with Crippen LogP contribution in [0.5, 0.6) is 0 Å². The number of anilines is 2. The van der Waals surface area contributed by atoms with Crippen LogP contribution in [0, 0.1) is 0 Å². The smallest absolute Gasteiger partial charge is 0.243 e. The topological polar surface area (TPSA) is 96.7 Å². The van der Waals surface area contributed by atoms with Crippen molar-refractivity contribution in [1.29, 1.82) is 0 Å². The molecule has 0 unspecified atom stereocenters. The van der Waals surface area contributed by atoms with Crippen LogP contribution in [0.1, 0.15) is 0 Å². The summed E-state index contributed by atoms with van der Waals surface area (Å²) in [4.78, 5) is 25.1. The lowest BCUT2D eigenvalue weighted by molar-refractivity contribution is -0.123. The van der Waals surface area contributed by atoms with Crippen LogP contribution in [-0.4, -0.2) is 51.2 Å². The van der Waals surface area contributed by atoms with E-state index in [4.69, 9.17) is 10.5 Å². The van der Waals surface area contributed by atoms with E-state index in [1.165, 1.54) is 0 Å². The van der Waals surface area contributed by atoms with Gasteiger partial charge in [0, 0.05) is 13.1 Å². The fourth-order valence-corrected chi connectivity index (χ4v) is 2.10. The third-order valence-corrected chi connectivity index (χ3v) is 3.16. The summed E-state index contributed by atoms with van der Waals surface area (Å²) in [6.07, 6.45) is 0. The Bertz CT molecular complexity index is 501. The number of morpholine rings is 1. The summed E-state index contributed by atoms with van der Waals surface area (Å²) in [7, 11) is 0. The molecule has 0 aromatic heterocycles. The van der Waals surface area contributed by atoms with Gasteiger partial charge in [-0.05, 0) is 12.1 Å². The number of amides is 2. The minimum atomic E-state index is -0.355. The molecule has 1 aliphatic heterocycles. The molecule has 1 heterocycles. The summed E-state index contributed by atoms with van der Waals surface area (Å²) in [6, 6.07) is 7.58. The zero-order chi connectivity index (χ0) is 15.1. The molecular formula is C14H20N4O3. The van der Waals surface area contributed by atoms with Crippen molar-refractivity contribution in [2.45, 2.75) is 0 Å². The van der Waals surface area contributed by atoms with Crippen LogP contribution in [0.2, 0.25) is 0 Å². The number of benzene rings is 1. The number of hydrogen-bond donors (Lipinski definition) is 3. The zero-order valence-electron chi connectivity index (χ0n) is 11.8. The van der Waals surface area contributed by atoms with Crippen LogP contribution in [0.15, 0.2) is 24.3 Å². The molecule has 1 aromatic rings. The minimum absolute atomic E-state index is 0.0898. The maximum atomic E-state index is 11.9. The molecule has 0 radical (unpaired) electrons. The first kappa shape index (κ1) is 15.3. The molecule has 21 heavy (non-hydrogen) atoms. The van der Waals surface area contributed by atoms with Crippen molar-refractivity contribution in [1.82, 2.24) is 5.32 Å². The van der Waals surface area contributed by atoms with Crippen molar-refractivity contribution >= 4 is 23.2 Å². The average Bonchev–Trinajstić information content (AvgIpc) is 2.54. The Morgan fingerprint density at radius 3 is 2.62 bits per heavy atom. The van der Waals surface area contributed by atoms with E-state index < -0.39 is 0 Å². The van der Waals surface area contributed by atoms with Crippen LogP contribution < -0.4 is 21.3 Å². The van der Waals surface area contributed by atoms with E-state index in [9.17, 15) is 9.59 Å². The number of carbonyl (C=O) groups is 2. The number of nitrogens with zero attached hydrogens (tertiary/aromatic N) is 1. The van der Waals surface area contributed by atoms with Crippen LogP contribution in [0.4, 0.5) is 11.4 Å². The van der Waals surface area contributed by atoms with Gasteiger partial charge in [-0.25, -0.2) is 0 Å². The first-order valence-corrected chi connectivity index (χ1v) is 6.89. The van der Waals surface area contributed by atoms with Crippen LogP contribution in [-0.2, 0) is 14.3 Å². The van der Waals surface area contributed by atoms with Gasteiger partial charge < -0.3 is 26.0 Å². The summed E-state index contributed by atoms with van der Waals surface area (Å²) >= 11 is 0. The van der Waals surface area contributed by atoms with Crippen LogP contribution in [0.3, 0.4) is 0 Å². The molecule has 0 bridgehead atoms. The fourth-order valence-electron chi connectivity index (χ4n) is 2.10. The van der Waals surface area contributed by atoms with E-state index in [-0.39, 0.29) is 24.9 Å². The molecule has 0 aliphatic carbocycles. The van der Waals surface area contributed by atoms with E-state index in [1.54, 1.807) is 0 Å². The number of ether oxygens (including phenoxy) is 1. The molecule has 1 aromatic carbocycles. The largest absolute Gasteiger partial charge is 0.378 e. The van der Waals surface area contributed by atoms with Crippen molar-refractivity contribution in [2.24, 2.45) is 5.73 Å². The predicted octanol–water partition coefficient (Wildman–Crippen LogP) is -0.463. The number of nitrogens with two attached hydrogens (primary N) is 1. The third-order valence-electron chi connectivity index (χ3n) is 3.16. The highest BCUT2D eigenvalue weighted by molar-refractivity contribution is 5.97. The molecule has 0 spiro atoms. The number of para-hydroxylation sites is 2. The van der Waals surface area contributed by atoms with Gasteiger partial charge in [0.2, 0.25) is 11.8 Å². The van der Waals surface area contributed by atoms with Gasteiger partial charge in [-0.15, -0.1) is 0 Å². The van der Waals surface area contributed by atoms with Crippen molar-refractivity contribution < 1.29 is 14.3 Å². The lowest BCUT2D eigenvalue weighted by atomic mass is 10.2. The van der Waals surface area contributed by atoms with Gasteiger partial charge in [-0.2, -0.15) is 0 Å². The molecule has 1 aliphatic rings. The highest BCUT2D eigenvalue weighted by Gasteiger charge is 2.15. The SMILES string of the molecule is NCC(=O)NCC(=O)Nc1ccccc1N1CCOCC1. The minimum Gasteiger partial charge on any atom is -0.378 e. The Balaban J connectivity index is 1.99. The van der Waals surface area contributed by atoms with Crippen molar-refractivity contribution in [3.63, 3.8) is 0 Å². The molecule has 2 amide bonds. The Hall–Kier alpha value is -2.12. The summed E-state index contributed by atoms with van der Waals surface area (Å²) in [5.41, 5.74) is 6.86. The molecule has 4 N–H and O–H groups in total. The van der Waals surface area contributed by atoms with Gasteiger partial charge in [0.25, 0.3) is 0 Å². The number of nitrogens with one attached hydrogen (secondary N) is 2. The summed E-state index contributed by atoms with van der Waals surface area (Å²) < 4.78 is 5.33. The van der Waals surface area contributed by atoms with Gasteiger partial charge in [0.05, 0.1) is 37.7 Å². The van der Waals surface area contributed by atoms with E-state index in [0.717, 1.165) is 24.5 Å². The second kappa shape index (κ2) is 7.61. The van der Waals surface area contributed by atoms with Gasteiger partial charge in [-0.1, -0.05) is 12.1 Å². The molecule has 7 nitrogen and oxygen atoms in total. The van der Waals surface area contributed by atoms with Gasteiger partial charge in [-0.3, -0.25) is 9.59 Å². The quantitative estimate of drug-likeness (QED) is 0.682. The second-order valence-electron chi connectivity index (χ2n) is 4.65. The maximum Gasteiger partial charge on any atom is 0.243 e. The van der Waals surface area contributed by atoms with Crippen LogP contribution >= 0.6 is 0 Å². The highest BCUT2D eigenvalue weighted by atomic mass is 16.5. The zero-order valence-corrected chi connectivity index (χ0v) is 11.8. The Morgan fingerprint density at radius 1 is 1.19 bits per heavy atom. The Labute approximate surface area is 123 Å². The van der Waals surface area contributed by atoms with E-state index >= 15 is 0 Å². The van der Waals surface area contributed by atoms with E-state index in [2.05, 4.69) is 15.5 Å². The lowest BCUT2D eigenvalue weighted by Crippen LogP contribution is -2.38. The summed E-state index contributed by atoms with van der Waals surface area (Å²) in [6.45, 7) is 2.71. The molecule has 0 atom stereocenters. The molecule has 0 saturated carbocycles. The molecular weight excluding hydrogens is 272 g/mol. The number of carbonyl (C=O) groups excluding carboxylic acids is 2. The van der Waals surface area contributed by atoms with E-state index in [1.807, 2.05) is 24.3 Å².